The van der Waals surface area contributed by atoms with Crippen LogP contribution >= 0.6 is 0 Å². The summed E-state index contributed by atoms with van der Waals surface area (Å²) in [7, 11) is -3.64. The van der Waals surface area contributed by atoms with Crippen LogP contribution < -0.4 is 15.4 Å². The molecule has 8 heteroatoms. The third kappa shape index (κ3) is 5.05. The largest absolute Gasteiger partial charge is 0.349 e. The molecule has 0 bridgehead atoms. The maximum absolute atomic E-state index is 12.4. The molecule has 0 aliphatic heterocycles. The first-order valence-electron chi connectivity index (χ1n) is 8.82. The van der Waals surface area contributed by atoms with Crippen molar-refractivity contribution in [1.29, 1.82) is 0 Å². The molecule has 2 amide bonds. The van der Waals surface area contributed by atoms with Gasteiger partial charge in [0.25, 0.3) is 11.8 Å². The molecule has 0 heterocycles. The highest BCUT2D eigenvalue weighted by molar-refractivity contribution is 7.89. The number of benzene rings is 2. The summed E-state index contributed by atoms with van der Waals surface area (Å²) in [6.07, 6.45) is 3.44. The molecule has 0 atom stereocenters. The zero-order valence-electron chi connectivity index (χ0n) is 15.1. The van der Waals surface area contributed by atoms with Gasteiger partial charge in [-0.05, 0) is 55.3 Å². The lowest BCUT2D eigenvalue weighted by molar-refractivity contribution is 0.0949. The zero-order chi connectivity index (χ0) is 20.1. The van der Waals surface area contributed by atoms with Gasteiger partial charge >= 0.3 is 0 Å². The minimum absolute atomic E-state index is 0.0599. The molecule has 1 aliphatic carbocycles. The number of hydrogen-bond donors (Lipinski definition) is 3. The molecule has 146 valence electrons. The van der Waals surface area contributed by atoms with Gasteiger partial charge in [-0.25, -0.2) is 13.1 Å². The van der Waals surface area contributed by atoms with Gasteiger partial charge in [0.15, 0.2) is 0 Å². The quantitative estimate of drug-likeness (QED) is 0.593. The number of nitrogens with one attached hydrogen (secondary N) is 3. The number of sulfonamides is 1. The normalized spacial score (nSPS) is 13.6. The van der Waals surface area contributed by atoms with Crippen LogP contribution in [-0.2, 0) is 10.0 Å². The molecule has 3 rings (SSSR count). The Morgan fingerprint density at radius 1 is 1.04 bits per heavy atom. The van der Waals surface area contributed by atoms with Crippen LogP contribution in [0, 0.1) is 0 Å². The van der Waals surface area contributed by atoms with Gasteiger partial charge in [-0.2, -0.15) is 0 Å². The van der Waals surface area contributed by atoms with Gasteiger partial charge < -0.3 is 10.6 Å². The summed E-state index contributed by atoms with van der Waals surface area (Å²) in [5.74, 6) is -0.567. The third-order valence-corrected chi connectivity index (χ3v) is 5.58. The Hall–Kier alpha value is -2.97. The first kappa shape index (κ1) is 19.8. The highest BCUT2D eigenvalue weighted by atomic mass is 32.2. The number of rotatable bonds is 8. The SMILES string of the molecule is C=CCNS(=O)(=O)c1ccc(C(=O)Nc2cccc(C(=O)NC3CC3)c2)cc1. The average molecular weight is 399 g/mol. The van der Waals surface area contributed by atoms with Gasteiger partial charge in [0.1, 0.15) is 0 Å². The Kier molecular flexibility index (Phi) is 5.91. The van der Waals surface area contributed by atoms with E-state index in [4.69, 9.17) is 0 Å². The third-order valence-electron chi connectivity index (χ3n) is 4.14. The molecule has 2 aromatic rings. The number of carbonyl (C=O) groups is 2. The van der Waals surface area contributed by atoms with Crippen molar-refractivity contribution in [3.63, 3.8) is 0 Å². The van der Waals surface area contributed by atoms with Crippen molar-refractivity contribution in [2.45, 2.75) is 23.8 Å². The van der Waals surface area contributed by atoms with Crippen molar-refractivity contribution < 1.29 is 18.0 Å². The Morgan fingerprint density at radius 2 is 1.75 bits per heavy atom. The first-order chi connectivity index (χ1) is 13.4. The molecule has 0 spiro atoms. The molecular formula is C20H21N3O4S. The van der Waals surface area contributed by atoms with E-state index in [0.717, 1.165) is 12.8 Å². The predicted molar refractivity (Wildman–Crippen MR) is 107 cm³/mol. The van der Waals surface area contributed by atoms with E-state index in [2.05, 4.69) is 21.9 Å². The molecule has 1 fully saturated rings. The predicted octanol–water partition coefficient (Wildman–Crippen LogP) is 2.30. The highest BCUT2D eigenvalue weighted by Crippen LogP contribution is 2.20. The summed E-state index contributed by atoms with van der Waals surface area (Å²) in [4.78, 5) is 24.6. The van der Waals surface area contributed by atoms with Crippen LogP contribution in [0.1, 0.15) is 33.6 Å². The maximum Gasteiger partial charge on any atom is 0.255 e. The minimum atomic E-state index is -3.64. The maximum atomic E-state index is 12.4. The van der Waals surface area contributed by atoms with Crippen LogP contribution in [-0.4, -0.2) is 32.8 Å². The Labute approximate surface area is 163 Å². The average Bonchev–Trinajstić information content (AvgIpc) is 3.50. The van der Waals surface area contributed by atoms with Crippen molar-refractivity contribution in [2.75, 3.05) is 11.9 Å². The van der Waals surface area contributed by atoms with Gasteiger partial charge in [-0.1, -0.05) is 12.1 Å². The smallest absolute Gasteiger partial charge is 0.255 e. The number of hydrogen-bond acceptors (Lipinski definition) is 4. The molecule has 28 heavy (non-hydrogen) atoms. The van der Waals surface area contributed by atoms with Crippen molar-refractivity contribution in [3.8, 4) is 0 Å². The molecule has 0 radical (unpaired) electrons. The van der Waals surface area contributed by atoms with E-state index in [1.54, 1.807) is 24.3 Å². The van der Waals surface area contributed by atoms with Crippen LogP contribution in [0.2, 0.25) is 0 Å². The molecule has 0 aromatic heterocycles. The fourth-order valence-electron chi connectivity index (χ4n) is 2.48. The van der Waals surface area contributed by atoms with E-state index in [0.29, 0.717) is 16.8 Å². The van der Waals surface area contributed by atoms with E-state index in [1.807, 2.05) is 0 Å². The van der Waals surface area contributed by atoms with Crippen LogP contribution in [0.15, 0.2) is 66.1 Å². The van der Waals surface area contributed by atoms with E-state index in [1.165, 1.54) is 30.3 Å². The Balaban J connectivity index is 1.67. The van der Waals surface area contributed by atoms with Gasteiger partial charge in [0.05, 0.1) is 4.90 Å². The van der Waals surface area contributed by atoms with Crippen molar-refractivity contribution in [3.05, 3.63) is 72.3 Å². The molecule has 0 unspecified atom stereocenters. The summed E-state index contributed by atoms with van der Waals surface area (Å²) in [5, 5.41) is 5.61. The second kappa shape index (κ2) is 8.37. The second-order valence-corrected chi connectivity index (χ2v) is 8.21. The molecule has 7 nitrogen and oxygen atoms in total. The second-order valence-electron chi connectivity index (χ2n) is 6.45. The van der Waals surface area contributed by atoms with Crippen molar-refractivity contribution in [1.82, 2.24) is 10.0 Å². The number of carbonyl (C=O) groups excluding carboxylic acids is 2. The Morgan fingerprint density at radius 3 is 2.39 bits per heavy atom. The lowest BCUT2D eigenvalue weighted by atomic mass is 10.1. The van der Waals surface area contributed by atoms with Gasteiger partial charge in [-0.15, -0.1) is 6.58 Å². The van der Waals surface area contributed by atoms with Crippen molar-refractivity contribution in [2.24, 2.45) is 0 Å². The van der Waals surface area contributed by atoms with Crippen LogP contribution in [0.5, 0.6) is 0 Å². The number of amides is 2. The topological polar surface area (TPSA) is 104 Å². The lowest BCUT2D eigenvalue weighted by Gasteiger charge is -2.09. The van der Waals surface area contributed by atoms with Gasteiger partial charge in [0.2, 0.25) is 10.0 Å². The summed E-state index contributed by atoms with van der Waals surface area (Å²) >= 11 is 0. The summed E-state index contributed by atoms with van der Waals surface area (Å²) < 4.78 is 26.5. The first-order valence-corrected chi connectivity index (χ1v) is 10.3. The van der Waals surface area contributed by atoms with E-state index < -0.39 is 15.9 Å². The molecule has 3 N–H and O–H groups in total. The van der Waals surface area contributed by atoms with Crippen molar-refractivity contribution >= 4 is 27.5 Å². The summed E-state index contributed by atoms with van der Waals surface area (Å²) in [6, 6.07) is 12.5. The fourth-order valence-corrected chi connectivity index (χ4v) is 3.47. The standard InChI is InChI=1S/C20H21N3O4S/c1-2-12-21-28(26,27)18-10-6-14(7-11-18)19(24)23-17-5-3-4-15(13-17)20(25)22-16-8-9-16/h2-7,10-11,13,16,21H,1,8-9,12H2,(H,22,25)(H,23,24). The molecule has 1 saturated carbocycles. The van der Waals surface area contributed by atoms with Crippen LogP contribution in [0.25, 0.3) is 0 Å². The summed E-state index contributed by atoms with van der Waals surface area (Å²) in [5.41, 5.74) is 1.26. The summed E-state index contributed by atoms with van der Waals surface area (Å²) in [6.45, 7) is 3.58. The lowest BCUT2D eigenvalue weighted by Crippen LogP contribution is -2.25. The van der Waals surface area contributed by atoms with E-state index in [-0.39, 0.29) is 23.4 Å². The molecule has 2 aromatic carbocycles. The zero-order valence-corrected chi connectivity index (χ0v) is 16.0. The van der Waals surface area contributed by atoms with E-state index in [9.17, 15) is 18.0 Å². The number of anilines is 1. The van der Waals surface area contributed by atoms with Crippen LogP contribution in [0.4, 0.5) is 5.69 Å². The van der Waals surface area contributed by atoms with Gasteiger partial charge in [0, 0.05) is 29.4 Å². The van der Waals surface area contributed by atoms with E-state index >= 15 is 0 Å². The Bertz CT molecular complexity index is 996. The minimum Gasteiger partial charge on any atom is -0.349 e. The highest BCUT2D eigenvalue weighted by Gasteiger charge is 2.23. The molecule has 1 aliphatic rings. The molecule has 0 saturated heterocycles. The monoisotopic (exact) mass is 399 g/mol. The fraction of sp³-hybridized carbons (Fsp3) is 0.200. The van der Waals surface area contributed by atoms with Crippen LogP contribution in [0.3, 0.4) is 0 Å². The van der Waals surface area contributed by atoms with Gasteiger partial charge in [-0.3, -0.25) is 9.59 Å². The molecular weight excluding hydrogens is 378 g/mol.